The van der Waals surface area contributed by atoms with E-state index < -0.39 is 5.97 Å². The fourth-order valence-electron chi connectivity index (χ4n) is 2.22. The van der Waals surface area contributed by atoms with Crippen molar-refractivity contribution in [2.24, 2.45) is 0 Å². The smallest absolute Gasteiger partial charge is 0.354 e. The van der Waals surface area contributed by atoms with Gasteiger partial charge >= 0.3 is 5.97 Å². The molecule has 1 amide bonds. The lowest BCUT2D eigenvalue weighted by atomic mass is 10.3. The molecule has 0 aliphatic rings. The molecule has 2 rings (SSSR count). The van der Waals surface area contributed by atoms with Crippen molar-refractivity contribution < 1.29 is 14.7 Å². The number of aromatic carboxylic acids is 1. The maximum atomic E-state index is 12.2. The summed E-state index contributed by atoms with van der Waals surface area (Å²) in [5, 5.41) is 17.2. The van der Waals surface area contributed by atoms with Crippen LogP contribution in [0.5, 0.6) is 0 Å². The summed E-state index contributed by atoms with van der Waals surface area (Å²) in [5.74, 6) is -1.15. The Morgan fingerprint density at radius 3 is 2.74 bits per heavy atom. The maximum absolute atomic E-state index is 12.2. The summed E-state index contributed by atoms with van der Waals surface area (Å²) in [7, 11) is 1.71. The van der Waals surface area contributed by atoms with E-state index in [-0.39, 0.29) is 24.6 Å². The zero-order valence-corrected chi connectivity index (χ0v) is 14.5. The molecule has 0 unspecified atom stereocenters. The number of hydrogen-bond acceptors (Lipinski definition) is 4. The summed E-state index contributed by atoms with van der Waals surface area (Å²) in [6.07, 6.45) is 3.30. The van der Waals surface area contributed by atoms with Crippen LogP contribution in [-0.2, 0) is 24.4 Å². The van der Waals surface area contributed by atoms with Crippen LogP contribution in [-0.4, -0.2) is 48.5 Å². The van der Waals surface area contributed by atoms with Gasteiger partial charge in [-0.05, 0) is 28.9 Å². The number of halogens is 1. The van der Waals surface area contributed by atoms with E-state index in [1.807, 2.05) is 11.6 Å². The Balaban J connectivity index is 1.96. The molecule has 0 radical (unpaired) electrons. The molecule has 1 N–H and O–H groups in total. The molecule has 8 nitrogen and oxygen atoms in total. The molecule has 124 valence electrons. The summed E-state index contributed by atoms with van der Waals surface area (Å²) in [6, 6.07) is 1.41. The Kier molecular flexibility index (Phi) is 5.54. The average Bonchev–Trinajstić information content (AvgIpc) is 3.12. The number of aryl methyl sites for hydroxylation is 2. The summed E-state index contributed by atoms with van der Waals surface area (Å²) in [6.45, 7) is 3.36. The normalized spacial score (nSPS) is 10.7. The van der Waals surface area contributed by atoms with E-state index in [1.165, 1.54) is 16.9 Å². The zero-order valence-electron chi connectivity index (χ0n) is 12.9. The van der Waals surface area contributed by atoms with E-state index >= 15 is 0 Å². The van der Waals surface area contributed by atoms with E-state index in [4.69, 9.17) is 5.11 Å². The van der Waals surface area contributed by atoms with Crippen molar-refractivity contribution in [2.45, 2.75) is 33.0 Å². The summed E-state index contributed by atoms with van der Waals surface area (Å²) in [4.78, 5) is 24.9. The molecule has 0 spiro atoms. The Labute approximate surface area is 141 Å². The lowest BCUT2D eigenvalue weighted by molar-refractivity contribution is -0.130. The Hall–Kier alpha value is -2.16. The van der Waals surface area contributed by atoms with Gasteiger partial charge in [0.2, 0.25) is 5.91 Å². The number of carbonyl (C=O) groups is 2. The summed E-state index contributed by atoms with van der Waals surface area (Å²) in [5.41, 5.74) is 1.00. The van der Waals surface area contributed by atoms with Gasteiger partial charge in [-0.1, -0.05) is 0 Å². The van der Waals surface area contributed by atoms with Crippen LogP contribution >= 0.6 is 15.9 Å². The second kappa shape index (κ2) is 7.40. The van der Waals surface area contributed by atoms with E-state index in [0.717, 1.165) is 16.7 Å². The molecular weight excluding hydrogens is 366 g/mol. The zero-order chi connectivity index (χ0) is 17.0. The largest absolute Gasteiger partial charge is 0.477 e. The molecule has 23 heavy (non-hydrogen) atoms. The molecule has 0 bridgehead atoms. The van der Waals surface area contributed by atoms with Crippen molar-refractivity contribution in [3.8, 4) is 0 Å². The van der Waals surface area contributed by atoms with Crippen LogP contribution in [0.4, 0.5) is 0 Å². The molecule has 0 fully saturated rings. The predicted molar refractivity (Wildman–Crippen MR) is 85.9 cm³/mol. The second-order valence-electron chi connectivity index (χ2n) is 5.00. The van der Waals surface area contributed by atoms with Crippen LogP contribution in [0.2, 0.25) is 0 Å². The van der Waals surface area contributed by atoms with Crippen molar-refractivity contribution in [2.75, 3.05) is 7.05 Å². The molecule has 0 aliphatic carbocycles. The van der Waals surface area contributed by atoms with Crippen LogP contribution in [0.25, 0.3) is 0 Å². The van der Waals surface area contributed by atoms with Crippen LogP contribution < -0.4 is 0 Å². The molecule has 2 aromatic heterocycles. The Morgan fingerprint density at radius 2 is 2.09 bits per heavy atom. The minimum absolute atomic E-state index is 0.0762. The van der Waals surface area contributed by atoms with Crippen molar-refractivity contribution >= 4 is 27.8 Å². The first-order valence-electron chi connectivity index (χ1n) is 7.13. The molecule has 9 heteroatoms. The van der Waals surface area contributed by atoms with E-state index in [0.29, 0.717) is 6.54 Å². The minimum Gasteiger partial charge on any atom is -0.477 e. The third kappa shape index (κ3) is 3.98. The highest BCUT2D eigenvalue weighted by Crippen LogP contribution is 2.18. The van der Waals surface area contributed by atoms with Crippen LogP contribution in [0, 0.1) is 0 Å². The minimum atomic E-state index is -1.06. The molecular formula is C14H18BrN5O3. The molecule has 0 aliphatic heterocycles. The highest BCUT2D eigenvalue weighted by Gasteiger charge is 2.16. The van der Waals surface area contributed by atoms with Gasteiger partial charge in [-0.3, -0.25) is 14.2 Å². The standard InChI is InChI=1S/C14H18BrN5O3/c1-3-19-12(10(15)8-17-19)9-18(2)13(21)5-7-20-11(14(22)23)4-6-16-20/h4,6,8H,3,5,7,9H2,1-2H3,(H,22,23). The van der Waals surface area contributed by atoms with Gasteiger partial charge in [0.15, 0.2) is 0 Å². The van der Waals surface area contributed by atoms with Gasteiger partial charge in [0, 0.05) is 26.2 Å². The highest BCUT2D eigenvalue weighted by molar-refractivity contribution is 9.10. The molecule has 0 aromatic carbocycles. The first-order chi connectivity index (χ1) is 10.9. The third-order valence-corrected chi connectivity index (χ3v) is 4.15. The highest BCUT2D eigenvalue weighted by atomic mass is 79.9. The van der Waals surface area contributed by atoms with Crippen molar-refractivity contribution in [3.05, 3.63) is 34.3 Å². The maximum Gasteiger partial charge on any atom is 0.354 e. The fraction of sp³-hybridized carbons (Fsp3) is 0.429. The average molecular weight is 384 g/mol. The number of hydrogen-bond donors (Lipinski definition) is 1. The monoisotopic (exact) mass is 383 g/mol. The van der Waals surface area contributed by atoms with Crippen LogP contribution in [0.15, 0.2) is 22.9 Å². The number of aromatic nitrogens is 4. The van der Waals surface area contributed by atoms with Gasteiger partial charge in [-0.2, -0.15) is 10.2 Å². The van der Waals surface area contributed by atoms with Gasteiger partial charge in [0.1, 0.15) is 5.69 Å². The molecule has 2 heterocycles. The Morgan fingerprint density at radius 1 is 1.35 bits per heavy atom. The van der Waals surface area contributed by atoms with Crippen molar-refractivity contribution in [3.63, 3.8) is 0 Å². The van der Waals surface area contributed by atoms with Crippen LogP contribution in [0.3, 0.4) is 0 Å². The topological polar surface area (TPSA) is 93.3 Å². The molecule has 0 atom stereocenters. The molecule has 0 saturated heterocycles. The number of carboxylic acid groups (broad SMARTS) is 1. The van der Waals surface area contributed by atoms with Crippen LogP contribution in [0.1, 0.15) is 29.5 Å². The van der Waals surface area contributed by atoms with Gasteiger partial charge in [0.25, 0.3) is 0 Å². The lowest BCUT2D eigenvalue weighted by Crippen LogP contribution is -2.28. The van der Waals surface area contributed by atoms with Gasteiger partial charge in [0.05, 0.1) is 29.5 Å². The van der Waals surface area contributed by atoms with E-state index in [2.05, 4.69) is 26.1 Å². The number of amides is 1. The lowest BCUT2D eigenvalue weighted by Gasteiger charge is -2.18. The first-order valence-corrected chi connectivity index (χ1v) is 7.92. The van der Waals surface area contributed by atoms with Gasteiger partial charge in [-0.25, -0.2) is 4.79 Å². The van der Waals surface area contributed by atoms with Crippen molar-refractivity contribution in [1.82, 2.24) is 24.5 Å². The quantitative estimate of drug-likeness (QED) is 0.783. The number of rotatable bonds is 7. The molecule has 2 aromatic rings. The van der Waals surface area contributed by atoms with Crippen molar-refractivity contribution in [1.29, 1.82) is 0 Å². The summed E-state index contributed by atoms with van der Waals surface area (Å²) < 4.78 is 4.00. The number of carbonyl (C=O) groups excluding carboxylic acids is 1. The Bertz CT molecular complexity index is 709. The fourth-order valence-corrected chi connectivity index (χ4v) is 2.64. The number of nitrogens with zero attached hydrogens (tertiary/aromatic N) is 5. The third-order valence-electron chi connectivity index (χ3n) is 3.48. The first kappa shape index (κ1) is 17.2. The molecule has 0 saturated carbocycles. The number of carboxylic acids is 1. The SMILES string of the molecule is CCn1ncc(Br)c1CN(C)C(=O)CCn1nccc1C(=O)O. The second-order valence-corrected chi connectivity index (χ2v) is 5.85. The van der Waals surface area contributed by atoms with E-state index in [9.17, 15) is 9.59 Å². The van der Waals surface area contributed by atoms with E-state index in [1.54, 1.807) is 18.1 Å². The van der Waals surface area contributed by atoms with Gasteiger partial charge < -0.3 is 10.0 Å². The van der Waals surface area contributed by atoms with Gasteiger partial charge in [-0.15, -0.1) is 0 Å². The summed E-state index contributed by atoms with van der Waals surface area (Å²) >= 11 is 3.43. The predicted octanol–water partition coefficient (Wildman–Crippen LogP) is 1.61.